The second-order valence-corrected chi connectivity index (χ2v) is 2.65. The fourth-order valence-corrected chi connectivity index (χ4v) is 0. The summed E-state index contributed by atoms with van der Waals surface area (Å²) in [7, 11) is 0. The third kappa shape index (κ3) is 261. The molecule has 0 aliphatic rings. The first kappa shape index (κ1) is 36.6. The first-order valence-electron chi connectivity index (χ1n) is 1.10. The molecular weight excluding hydrogens is 336 g/mol. The average Bonchev–Trinajstić information content (AvgIpc) is 1.25. The summed E-state index contributed by atoms with van der Waals surface area (Å²) < 4.78 is 51.6. The van der Waals surface area contributed by atoms with Crippen LogP contribution in [0.15, 0.2) is 0 Å². The Kier molecular flexibility index (Phi) is 89.0. The zero-order valence-corrected chi connectivity index (χ0v) is 12.3. The van der Waals surface area contributed by atoms with Crippen LogP contribution in [-0.4, -0.2) is 23.1 Å². The summed E-state index contributed by atoms with van der Waals surface area (Å²) in [6, 6.07) is 0. The molecule has 0 rings (SSSR count). The van der Waals surface area contributed by atoms with Gasteiger partial charge in [0.25, 0.3) is 0 Å². The van der Waals surface area contributed by atoms with Crippen molar-refractivity contribution in [2.24, 2.45) is 0 Å². The molecule has 56 valence electrons. The van der Waals surface area contributed by atoms with Gasteiger partial charge in [0, 0.05) is 0 Å². The SMILES string of the molecule is [Li+].[Li+].[Mg+2].[O-2].[O]=[Nb](=[O])[O-].[O]=[Nb](=[O])[O-]. The molecule has 0 aromatic rings. The van der Waals surface area contributed by atoms with Gasteiger partial charge in [-0.25, -0.2) is 0 Å². The van der Waals surface area contributed by atoms with E-state index >= 15 is 0 Å². The molecule has 0 heterocycles. The van der Waals surface area contributed by atoms with Crippen LogP contribution in [0.25, 0.3) is 0 Å². The van der Waals surface area contributed by atoms with Crippen LogP contribution >= 0.6 is 0 Å². The molecule has 0 saturated heterocycles. The van der Waals surface area contributed by atoms with Crippen molar-refractivity contribution in [3.8, 4) is 0 Å². The molecule has 0 unspecified atom stereocenters. The molecule has 0 aromatic heterocycles. The summed E-state index contributed by atoms with van der Waals surface area (Å²) in [4.78, 5) is 0. The Morgan fingerprint density at radius 1 is 0.750 bits per heavy atom. The monoisotopic (exact) mass is 336 g/mol. The first-order valence-corrected chi connectivity index (χ1v) is 6.48. The van der Waals surface area contributed by atoms with E-state index in [-0.39, 0.29) is 66.3 Å². The van der Waals surface area contributed by atoms with E-state index in [1.165, 1.54) is 0 Å². The van der Waals surface area contributed by atoms with Crippen molar-refractivity contribution in [2.45, 2.75) is 0 Å². The van der Waals surface area contributed by atoms with Gasteiger partial charge in [0.05, 0.1) is 0 Å². The van der Waals surface area contributed by atoms with Crippen LogP contribution in [0.2, 0.25) is 0 Å². The van der Waals surface area contributed by atoms with Crippen LogP contribution in [0.5, 0.6) is 0 Å². The molecule has 0 amide bonds. The van der Waals surface area contributed by atoms with E-state index in [4.69, 9.17) is 20.2 Å². The zero-order valence-electron chi connectivity index (χ0n) is 6.46. The summed E-state index contributed by atoms with van der Waals surface area (Å²) >= 11 is -8.40. The molecule has 0 aromatic carbocycles. The first-order chi connectivity index (χ1) is 3.46. The van der Waals surface area contributed by atoms with Crippen LogP contribution in [0.3, 0.4) is 0 Å². The van der Waals surface area contributed by atoms with Gasteiger partial charge in [-0.1, -0.05) is 0 Å². The molecule has 0 spiro atoms. The van der Waals surface area contributed by atoms with Gasteiger partial charge in [-0.3, -0.25) is 0 Å². The molecule has 7 nitrogen and oxygen atoms in total. The van der Waals surface area contributed by atoms with Gasteiger partial charge in [-0.15, -0.1) is 0 Å². The van der Waals surface area contributed by atoms with Crippen molar-refractivity contribution in [3.63, 3.8) is 0 Å². The zero-order chi connectivity index (χ0) is 7.15. The Morgan fingerprint density at radius 3 is 0.750 bits per heavy atom. The summed E-state index contributed by atoms with van der Waals surface area (Å²) in [6.45, 7) is 0. The molecule has 0 aliphatic heterocycles. The molecule has 0 aliphatic carbocycles. The van der Waals surface area contributed by atoms with Gasteiger partial charge < -0.3 is 5.48 Å². The summed E-state index contributed by atoms with van der Waals surface area (Å²) in [5, 5.41) is 0. The quantitative estimate of drug-likeness (QED) is 0.402. The molecular formula is Li2MgNb2O7. The van der Waals surface area contributed by atoms with Gasteiger partial charge in [0.15, 0.2) is 0 Å². The Bertz CT molecular complexity index is 136. The molecule has 0 radical (unpaired) electrons. The van der Waals surface area contributed by atoms with Gasteiger partial charge in [0.1, 0.15) is 0 Å². The van der Waals surface area contributed by atoms with Gasteiger partial charge >= 0.3 is 119 Å². The average molecular weight is 336 g/mol. The van der Waals surface area contributed by atoms with Crippen LogP contribution in [-0.2, 0) is 56.0 Å². The van der Waals surface area contributed by atoms with Crippen molar-refractivity contribution < 1.29 is 101 Å². The minimum atomic E-state index is -4.20. The topological polar surface area (TPSA) is 143 Å². The van der Waals surface area contributed by atoms with Crippen LogP contribution in [0, 0.1) is 0 Å². The van der Waals surface area contributed by atoms with Gasteiger partial charge in [-0.2, -0.15) is 0 Å². The Balaban J connectivity index is -0.0000000112. The molecule has 0 atom stereocenters. The second kappa shape index (κ2) is 29.2. The van der Waals surface area contributed by atoms with E-state index in [1.807, 2.05) is 0 Å². The third-order valence-corrected chi connectivity index (χ3v) is 0. The number of hydrogen-bond donors (Lipinski definition) is 0. The maximum atomic E-state index is 8.60. The maximum absolute atomic E-state index is 8.60. The van der Waals surface area contributed by atoms with E-state index in [1.54, 1.807) is 0 Å². The fourth-order valence-electron chi connectivity index (χ4n) is 0. The molecule has 0 fully saturated rings. The Labute approximate surface area is 122 Å². The van der Waals surface area contributed by atoms with E-state index in [0.717, 1.165) is 0 Å². The van der Waals surface area contributed by atoms with Crippen molar-refractivity contribution >= 4 is 23.1 Å². The minimum absolute atomic E-state index is 0. The number of rotatable bonds is 0. The van der Waals surface area contributed by atoms with Crippen LogP contribution < -0.4 is 45.0 Å². The second-order valence-electron chi connectivity index (χ2n) is 0.447. The van der Waals surface area contributed by atoms with Crippen molar-refractivity contribution in [3.05, 3.63) is 0 Å². The molecule has 0 N–H and O–H groups in total. The predicted molar refractivity (Wildman–Crippen MR) is 9.19 cm³/mol. The fraction of sp³-hybridized carbons (Fsp3) is 0. The van der Waals surface area contributed by atoms with Crippen molar-refractivity contribution in [1.29, 1.82) is 0 Å². The summed E-state index contributed by atoms with van der Waals surface area (Å²) in [6.07, 6.45) is 0. The van der Waals surface area contributed by atoms with E-state index < -0.39 is 37.6 Å². The molecule has 12 heteroatoms. The van der Waals surface area contributed by atoms with Crippen LogP contribution in [0.4, 0.5) is 0 Å². The van der Waals surface area contributed by atoms with E-state index in [2.05, 4.69) is 0 Å². The van der Waals surface area contributed by atoms with Crippen molar-refractivity contribution in [1.82, 2.24) is 0 Å². The summed E-state index contributed by atoms with van der Waals surface area (Å²) in [5.74, 6) is 0. The molecule has 12 heavy (non-hydrogen) atoms. The standard InChI is InChI=1S/2Li.Mg.2Nb.7O/q2*+1;+2;;;;;;;-2;2*-1. The molecule has 0 bridgehead atoms. The van der Waals surface area contributed by atoms with Gasteiger partial charge in [0.2, 0.25) is 0 Å². The normalized spacial score (nSPS) is 4.17. The van der Waals surface area contributed by atoms with E-state index in [9.17, 15) is 0 Å². The third-order valence-electron chi connectivity index (χ3n) is 0. The van der Waals surface area contributed by atoms with E-state index in [0.29, 0.717) is 0 Å². The van der Waals surface area contributed by atoms with Crippen molar-refractivity contribution in [2.75, 3.05) is 0 Å². The van der Waals surface area contributed by atoms with Crippen LogP contribution in [0.1, 0.15) is 0 Å². The molecule has 0 saturated carbocycles. The number of hydrogen-bond acceptors (Lipinski definition) is 6. The summed E-state index contributed by atoms with van der Waals surface area (Å²) in [5.41, 5.74) is 0. The predicted octanol–water partition coefficient (Wildman–Crippen LogP) is -9.35. The Hall–Kier alpha value is 2.52. The van der Waals surface area contributed by atoms with Gasteiger partial charge in [-0.05, 0) is 0 Å². The Morgan fingerprint density at radius 2 is 0.750 bits per heavy atom.